The van der Waals surface area contributed by atoms with Gasteiger partial charge in [0.1, 0.15) is 13.2 Å². The van der Waals surface area contributed by atoms with Crippen molar-refractivity contribution in [3.63, 3.8) is 0 Å². The normalized spacial score (nSPS) is 12.3. The summed E-state index contributed by atoms with van der Waals surface area (Å²) >= 11 is 0. The van der Waals surface area contributed by atoms with Crippen LogP contribution in [-0.2, 0) is 28.6 Å². The van der Waals surface area contributed by atoms with Crippen LogP contribution in [0.25, 0.3) is 0 Å². The van der Waals surface area contributed by atoms with E-state index in [1.165, 1.54) is 154 Å². The third-order valence-corrected chi connectivity index (χ3v) is 12.6. The lowest BCUT2D eigenvalue weighted by atomic mass is 10.0. The highest BCUT2D eigenvalue weighted by molar-refractivity contribution is 5.71. The Labute approximate surface area is 409 Å². The highest BCUT2D eigenvalue weighted by Crippen LogP contribution is 2.16. The molecule has 1 unspecified atom stereocenters. The fourth-order valence-electron chi connectivity index (χ4n) is 8.28. The Morgan fingerprint density at radius 1 is 0.318 bits per heavy atom. The number of hydrogen-bond acceptors (Lipinski definition) is 6. The molecule has 66 heavy (non-hydrogen) atoms. The third kappa shape index (κ3) is 52.3. The lowest BCUT2D eigenvalue weighted by molar-refractivity contribution is -0.167. The minimum Gasteiger partial charge on any atom is -0.462 e. The van der Waals surface area contributed by atoms with Gasteiger partial charge < -0.3 is 14.2 Å². The second kappa shape index (κ2) is 55.0. The molecule has 0 aliphatic rings. The van der Waals surface area contributed by atoms with Crippen LogP contribution in [0.1, 0.15) is 297 Å². The average molecular weight is 926 g/mol. The Kier molecular flexibility index (Phi) is 52.8. The van der Waals surface area contributed by atoms with Crippen LogP contribution in [0, 0.1) is 0 Å². The van der Waals surface area contributed by atoms with Gasteiger partial charge in [0.2, 0.25) is 0 Å². The lowest BCUT2D eigenvalue weighted by Gasteiger charge is -2.18. The topological polar surface area (TPSA) is 78.9 Å². The average Bonchev–Trinajstić information content (AvgIpc) is 3.31. The Bertz CT molecular complexity index is 1150. The van der Waals surface area contributed by atoms with Gasteiger partial charge in [-0.15, -0.1) is 0 Å². The van der Waals surface area contributed by atoms with E-state index in [1.807, 2.05) is 0 Å². The number of hydrogen-bond donors (Lipinski definition) is 0. The molecule has 0 aromatic heterocycles. The van der Waals surface area contributed by atoms with Crippen molar-refractivity contribution in [2.75, 3.05) is 13.2 Å². The number of carbonyl (C=O) groups is 3. The molecule has 0 fully saturated rings. The first-order chi connectivity index (χ1) is 32.5. The van der Waals surface area contributed by atoms with E-state index in [9.17, 15) is 14.4 Å². The molecule has 0 aliphatic heterocycles. The molecule has 6 nitrogen and oxygen atoms in total. The molecule has 6 heteroatoms. The molecule has 0 amide bonds. The molecule has 0 saturated heterocycles. The molecule has 0 radical (unpaired) electrons. The summed E-state index contributed by atoms with van der Waals surface area (Å²) in [5.41, 5.74) is 0. The molecular formula is C60H108O6. The fourth-order valence-corrected chi connectivity index (χ4v) is 8.28. The quantitative estimate of drug-likeness (QED) is 0.0262. The number of unbranched alkanes of at least 4 members (excludes halogenated alkanes) is 33. The first-order valence-electron chi connectivity index (χ1n) is 28.6. The molecule has 0 aliphatic carbocycles. The molecule has 1 atom stereocenters. The van der Waals surface area contributed by atoms with Crippen molar-refractivity contribution in [1.29, 1.82) is 0 Å². The van der Waals surface area contributed by atoms with E-state index in [0.717, 1.165) is 103 Å². The number of rotatable bonds is 52. The first-order valence-corrected chi connectivity index (χ1v) is 28.6. The highest BCUT2D eigenvalue weighted by atomic mass is 16.6. The molecule has 0 N–H and O–H groups in total. The molecule has 384 valence electrons. The largest absolute Gasteiger partial charge is 0.462 e. The Morgan fingerprint density at radius 2 is 0.591 bits per heavy atom. The first kappa shape index (κ1) is 63.4. The zero-order chi connectivity index (χ0) is 47.9. The standard InChI is InChI=1S/C60H108O6/c1-4-7-10-13-16-19-22-25-27-29-30-31-33-35-38-41-44-47-50-53-59(62)65-56-57(55-64-58(61)52-49-46-43-40-37-34-24-21-18-15-12-9-6-3)66-60(63)54-51-48-45-42-39-36-32-28-26-23-20-17-14-11-8-5-2/h8,11,17,20,26,28,34,37,57H,4-7,9-10,12-16,18-19,21-25,27,29-33,35-36,38-56H2,1-3H3/b11-8-,20-17-,28-26-,37-34-. The number of ether oxygens (including phenoxy) is 3. The van der Waals surface area contributed by atoms with Gasteiger partial charge in [-0.25, -0.2) is 0 Å². The summed E-state index contributed by atoms with van der Waals surface area (Å²) in [4.78, 5) is 38.1. The lowest BCUT2D eigenvalue weighted by Crippen LogP contribution is -2.30. The van der Waals surface area contributed by atoms with E-state index in [-0.39, 0.29) is 31.1 Å². The molecule has 0 heterocycles. The van der Waals surface area contributed by atoms with Crippen LogP contribution in [-0.4, -0.2) is 37.2 Å². The van der Waals surface area contributed by atoms with Crippen LogP contribution in [0.15, 0.2) is 48.6 Å². The van der Waals surface area contributed by atoms with Gasteiger partial charge in [-0.1, -0.05) is 249 Å². The maximum atomic E-state index is 12.8. The maximum Gasteiger partial charge on any atom is 0.306 e. The zero-order valence-electron chi connectivity index (χ0n) is 44.0. The molecule has 0 aromatic carbocycles. The SMILES string of the molecule is CC/C=C\C/C=C\C/C=C\CCCCCCCCC(=O)OC(COC(=O)CCCCC/C=C\CCCCCCCC)COC(=O)CCCCCCCCCCCCCCCCCCCCC. The molecule has 0 bridgehead atoms. The summed E-state index contributed by atoms with van der Waals surface area (Å²) < 4.78 is 16.8. The van der Waals surface area contributed by atoms with Crippen LogP contribution in [0.3, 0.4) is 0 Å². The van der Waals surface area contributed by atoms with Crippen LogP contribution in [0.2, 0.25) is 0 Å². The predicted octanol–water partition coefficient (Wildman–Crippen LogP) is 19.0. The van der Waals surface area contributed by atoms with Gasteiger partial charge in [0.05, 0.1) is 0 Å². The van der Waals surface area contributed by atoms with Crippen molar-refractivity contribution >= 4 is 17.9 Å². The van der Waals surface area contributed by atoms with Crippen molar-refractivity contribution in [1.82, 2.24) is 0 Å². The molecule has 0 rings (SSSR count). The Balaban J connectivity index is 4.35. The molecular weight excluding hydrogens is 817 g/mol. The van der Waals surface area contributed by atoms with Gasteiger partial charge in [-0.3, -0.25) is 14.4 Å². The van der Waals surface area contributed by atoms with Crippen molar-refractivity contribution in [2.24, 2.45) is 0 Å². The van der Waals surface area contributed by atoms with Crippen molar-refractivity contribution in [3.05, 3.63) is 48.6 Å². The van der Waals surface area contributed by atoms with Crippen molar-refractivity contribution in [2.45, 2.75) is 303 Å². The second-order valence-electron chi connectivity index (χ2n) is 19.2. The van der Waals surface area contributed by atoms with Crippen LogP contribution < -0.4 is 0 Å². The van der Waals surface area contributed by atoms with E-state index in [2.05, 4.69) is 69.4 Å². The maximum absolute atomic E-state index is 12.8. The Hall–Kier alpha value is -2.63. The van der Waals surface area contributed by atoms with E-state index < -0.39 is 6.10 Å². The minimum absolute atomic E-state index is 0.0803. The van der Waals surface area contributed by atoms with Gasteiger partial charge >= 0.3 is 17.9 Å². The molecule has 0 spiro atoms. The molecule has 0 saturated carbocycles. The van der Waals surface area contributed by atoms with Crippen molar-refractivity contribution in [3.8, 4) is 0 Å². The van der Waals surface area contributed by atoms with Gasteiger partial charge in [0, 0.05) is 19.3 Å². The number of carbonyl (C=O) groups excluding carboxylic acids is 3. The smallest absolute Gasteiger partial charge is 0.306 e. The molecule has 0 aromatic rings. The monoisotopic (exact) mass is 925 g/mol. The van der Waals surface area contributed by atoms with Gasteiger partial charge in [0.15, 0.2) is 6.10 Å². The summed E-state index contributed by atoms with van der Waals surface area (Å²) in [6.07, 6.45) is 66.7. The second-order valence-corrected chi connectivity index (χ2v) is 19.2. The highest BCUT2D eigenvalue weighted by Gasteiger charge is 2.19. The minimum atomic E-state index is -0.784. The third-order valence-electron chi connectivity index (χ3n) is 12.6. The Morgan fingerprint density at radius 3 is 0.955 bits per heavy atom. The van der Waals surface area contributed by atoms with Gasteiger partial charge in [-0.2, -0.15) is 0 Å². The van der Waals surface area contributed by atoms with E-state index in [1.54, 1.807) is 0 Å². The van der Waals surface area contributed by atoms with Gasteiger partial charge in [0.25, 0.3) is 0 Å². The van der Waals surface area contributed by atoms with Crippen LogP contribution >= 0.6 is 0 Å². The van der Waals surface area contributed by atoms with E-state index >= 15 is 0 Å². The van der Waals surface area contributed by atoms with Crippen molar-refractivity contribution < 1.29 is 28.6 Å². The van der Waals surface area contributed by atoms with E-state index in [0.29, 0.717) is 19.3 Å². The van der Waals surface area contributed by atoms with Crippen LogP contribution in [0.5, 0.6) is 0 Å². The van der Waals surface area contributed by atoms with Gasteiger partial charge in [-0.05, 0) is 77.0 Å². The predicted molar refractivity (Wildman–Crippen MR) is 284 cm³/mol. The van der Waals surface area contributed by atoms with Crippen LogP contribution in [0.4, 0.5) is 0 Å². The number of esters is 3. The summed E-state index contributed by atoms with van der Waals surface area (Å²) in [6, 6.07) is 0. The van der Waals surface area contributed by atoms with E-state index in [4.69, 9.17) is 14.2 Å². The summed E-state index contributed by atoms with van der Waals surface area (Å²) in [5, 5.41) is 0. The fraction of sp³-hybridized carbons (Fsp3) is 0.817. The number of allylic oxidation sites excluding steroid dienone is 8. The zero-order valence-corrected chi connectivity index (χ0v) is 44.0. The summed E-state index contributed by atoms with van der Waals surface area (Å²) in [5.74, 6) is -0.896. The summed E-state index contributed by atoms with van der Waals surface area (Å²) in [7, 11) is 0. The summed E-state index contributed by atoms with van der Waals surface area (Å²) in [6.45, 7) is 6.53.